The van der Waals surface area contributed by atoms with E-state index in [0.29, 0.717) is 6.42 Å². The molecule has 0 rings (SSSR count). The molecule has 0 aliphatic rings. The second-order valence-electron chi connectivity index (χ2n) is 1.03. The molecule has 0 saturated heterocycles. The maximum absolute atomic E-state index is 10.1. The number of hydrogen-bond donors (Lipinski definition) is 1. The first-order chi connectivity index (χ1) is 5.81. The van der Waals surface area contributed by atoms with Crippen molar-refractivity contribution in [2.45, 2.75) is 54.9 Å². The second-order valence-corrected chi connectivity index (χ2v) is 1.03. The highest BCUT2D eigenvalue weighted by Gasteiger charge is 1.84. The van der Waals surface area contributed by atoms with E-state index in [1.54, 1.807) is 7.05 Å². The number of carbonyl (C=O) groups excluding carboxylic acids is 1. The van der Waals surface area contributed by atoms with Crippen LogP contribution in [0, 0.1) is 0 Å². The number of hydrogen-bond acceptors (Lipinski definition) is 1. The van der Waals surface area contributed by atoms with Crippen molar-refractivity contribution in [3.8, 4) is 0 Å². The minimum atomic E-state index is 0.0926. The van der Waals surface area contributed by atoms with E-state index < -0.39 is 0 Å². The summed E-state index contributed by atoms with van der Waals surface area (Å²) in [5.41, 5.74) is 0. The Morgan fingerprint density at radius 2 is 1.25 bits per heavy atom. The zero-order valence-corrected chi connectivity index (χ0v) is 10.1. The second kappa shape index (κ2) is 47.0. The van der Waals surface area contributed by atoms with Gasteiger partial charge in [-0.25, -0.2) is 0 Å². The van der Waals surface area contributed by atoms with E-state index in [9.17, 15) is 4.79 Å². The molecule has 12 heavy (non-hydrogen) atoms. The summed E-state index contributed by atoms with van der Waals surface area (Å²) in [5, 5.41) is 2.48. The largest absolute Gasteiger partial charge is 0.359 e. The lowest BCUT2D eigenvalue weighted by Crippen LogP contribution is -2.15. The molecular weight excluding hydrogens is 150 g/mol. The Hall–Kier alpha value is -0.530. The molecular formula is C10H27NO. The van der Waals surface area contributed by atoms with Crippen LogP contribution in [0.4, 0.5) is 0 Å². The third-order valence-electron chi connectivity index (χ3n) is 0.600. The number of nitrogens with one attached hydrogen (secondary N) is 1. The summed E-state index contributed by atoms with van der Waals surface area (Å²) in [4.78, 5) is 10.1. The van der Waals surface area contributed by atoms with Crippen LogP contribution in [0.25, 0.3) is 0 Å². The van der Waals surface area contributed by atoms with Gasteiger partial charge in [-0.15, -0.1) is 0 Å². The molecule has 1 N–H and O–H groups in total. The van der Waals surface area contributed by atoms with E-state index >= 15 is 0 Å². The average Bonchev–Trinajstić information content (AvgIpc) is 2.25. The third-order valence-corrected chi connectivity index (χ3v) is 0.600. The van der Waals surface area contributed by atoms with Gasteiger partial charge < -0.3 is 5.32 Å². The van der Waals surface area contributed by atoms with Crippen LogP contribution in [-0.2, 0) is 4.79 Å². The standard InChI is InChI=1S/C4H9NO.3C2H6/c1-3-4(6)5-2;3*1-2/h3H2,1-2H3,(H,5,6);3*1-2H3. The van der Waals surface area contributed by atoms with E-state index in [1.165, 1.54) is 0 Å². The quantitative estimate of drug-likeness (QED) is 0.654. The fourth-order valence-corrected chi connectivity index (χ4v) is 0.177. The average molecular weight is 177 g/mol. The van der Waals surface area contributed by atoms with E-state index in [0.717, 1.165) is 0 Å². The van der Waals surface area contributed by atoms with Gasteiger partial charge in [0, 0.05) is 13.5 Å². The fraction of sp³-hybridized carbons (Fsp3) is 0.900. The summed E-state index contributed by atoms with van der Waals surface area (Å²) in [6.45, 7) is 13.8. The Morgan fingerprint density at radius 3 is 1.25 bits per heavy atom. The van der Waals surface area contributed by atoms with Crippen molar-refractivity contribution in [2.24, 2.45) is 0 Å². The van der Waals surface area contributed by atoms with E-state index in [2.05, 4.69) is 5.32 Å². The molecule has 0 saturated carbocycles. The van der Waals surface area contributed by atoms with Crippen LogP contribution in [0.3, 0.4) is 0 Å². The Bertz CT molecular complexity index is 47.8. The molecule has 0 bridgehead atoms. The van der Waals surface area contributed by atoms with E-state index in [1.807, 2.05) is 48.5 Å². The van der Waals surface area contributed by atoms with Gasteiger partial charge in [-0.2, -0.15) is 0 Å². The highest BCUT2D eigenvalue weighted by Crippen LogP contribution is 1.68. The lowest BCUT2D eigenvalue weighted by molar-refractivity contribution is -0.120. The molecule has 0 unspecified atom stereocenters. The predicted octanol–water partition coefficient (Wildman–Crippen LogP) is 3.22. The van der Waals surface area contributed by atoms with Crippen molar-refractivity contribution < 1.29 is 4.79 Å². The summed E-state index contributed by atoms with van der Waals surface area (Å²) < 4.78 is 0. The first-order valence-corrected chi connectivity index (χ1v) is 5.01. The monoisotopic (exact) mass is 177 g/mol. The van der Waals surface area contributed by atoms with Crippen LogP contribution in [0.15, 0.2) is 0 Å². The topological polar surface area (TPSA) is 29.1 Å². The van der Waals surface area contributed by atoms with Crippen LogP contribution < -0.4 is 5.32 Å². The van der Waals surface area contributed by atoms with Crippen molar-refractivity contribution >= 4 is 5.91 Å². The molecule has 0 atom stereocenters. The van der Waals surface area contributed by atoms with Crippen molar-refractivity contribution in [1.82, 2.24) is 5.32 Å². The summed E-state index contributed by atoms with van der Waals surface area (Å²) >= 11 is 0. The SMILES string of the molecule is CC.CC.CC.CCC(=O)NC. The highest BCUT2D eigenvalue weighted by atomic mass is 16.1. The summed E-state index contributed by atoms with van der Waals surface area (Å²) in [6, 6.07) is 0. The Morgan fingerprint density at radius 1 is 1.00 bits per heavy atom. The van der Waals surface area contributed by atoms with Crippen LogP contribution in [0.5, 0.6) is 0 Å². The maximum Gasteiger partial charge on any atom is 0.219 e. The first-order valence-electron chi connectivity index (χ1n) is 5.01. The van der Waals surface area contributed by atoms with Crippen molar-refractivity contribution in [3.05, 3.63) is 0 Å². The summed E-state index contributed by atoms with van der Waals surface area (Å²) in [7, 11) is 1.63. The van der Waals surface area contributed by atoms with Gasteiger partial charge in [-0.3, -0.25) is 4.79 Å². The molecule has 1 amide bonds. The van der Waals surface area contributed by atoms with Crippen molar-refractivity contribution in [2.75, 3.05) is 7.05 Å². The van der Waals surface area contributed by atoms with E-state index in [4.69, 9.17) is 0 Å². The molecule has 0 radical (unpaired) electrons. The van der Waals surface area contributed by atoms with Gasteiger partial charge in [-0.05, 0) is 0 Å². The molecule has 0 aromatic carbocycles. The van der Waals surface area contributed by atoms with Crippen LogP contribution in [0.2, 0.25) is 0 Å². The lowest BCUT2D eigenvalue weighted by Gasteiger charge is -1.87. The first kappa shape index (κ1) is 22.5. The number of carbonyl (C=O) groups is 1. The maximum atomic E-state index is 10.1. The van der Waals surface area contributed by atoms with Crippen LogP contribution in [-0.4, -0.2) is 13.0 Å². The predicted molar refractivity (Wildman–Crippen MR) is 58.4 cm³/mol. The van der Waals surface area contributed by atoms with Gasteiger partial charge >= 0.3 is 0 Å². The molecule has 2 nitrogen and oxygen atoms in total. The zero-order chi connectivity index (χ0) is 11.0. The molecule has 0 spiro atoms. The minimum Gasteiger partial charge on any atom is -0.359 e. The highest BCUT2D eigenvalue weighted by molar-refractivity contribution is 5.74. The van der Waals surface area contributed by atoms with Gasteiger partial charge in [-0.1, -0.05) is 48.5 Å². The molecule has 78 valence electrons. The third kappa shape index (κ3) is 56.4. The van der Waals surface area contributed by atoms with Gasteiger partial charge in [0.1, 0.15) is 0 Å². The minimum absolute atomic E-state index is 0.0926. The Kier molecular flexibility index (Phi) is 88.2. The van der Waals surface area contributed by atoms with E-state index in [-0.39, 0.29) is 5.91 Å². The zero-order valence-electron chi connectivity index (χ0n) is 10.1. The van der Waals surface area contributed by atoms with Crippen LogP contribution >= 0.6 is 0 Å². The van der Waals surface area contributed by atoms with Crippen LogP contribution in [0.1, 0.15) is 54.9 Å². The smallest absolute Gasteiger partial charge is 0.219 e. The summed E-state index contributed by atoms with van der Waals surface area (Å²) in [5.74, 6) is 0.0926. The summed E-state index contributed by atoms with van der Waals surface area (Å²) in [6.07, 6.45) is 0.580. The fourth-order valence-electron chi connectivity index (χ4n) is 0.177. The molecule has 0 aromatic heterocycles. The van der Waals surface area contributed by atoms with Gasteiger partial charge in [0.25, 0.3) is 0 Å². The number of rotatable bonds is 1. The molecule has 0 heterocycles. The Balaban J connectivity index is -0.0000000453. The molecule has 0 aromatic rings. The Labute approximate surface area is 78.8 Å². The molecule has 0 aliphatic heterocycles. The normalized spacial score (nSPS) is 5.33. The molecule has 2 heteroatoms. The van der Waals surface area contributed by atoms with Gasteiger partial charge in [0.15, 0.2) is 0 Å². The lowest BCUT2D eigenvalue weighted by atomic mass is 10.5. The van der Waals surface area contributed by atoms with Gasteiger partial charge in [0.05, 0.1) is 0 Å². The molecule has 0 aliphatic carbocycles. The van der Waals surface area contributed by atoms with Gasteiger partial charge in [0.2, 0.25) is 5.91 Å². The van der Waals surface area contributed by atoms with Crippen molar-refractivity contribution in [3.63, 3.8) is 0 Å². The number of amides is 1. The molecule has 0 fully saturated rings. The van der Waals surface area contributed by atoms with Crippen molar-refractivity contribution in [1.29, 1.82) is 0 Å².